The summed E-state index contributed by atoms with van der Waals surface area (Å²) < 4.78 is 15.8. The van der Waals surface area contributed by atoms with Crippen LogP contribution in [0.15, 0.2) is 12.1 Å². The lowest BCUT2D eigenvalue weighted by Crippen LogP contribution is -2.27. The summed E-state index contributed by atoms with van der Waals surface area (Å²) in [4.78, 5) is 11.9. The lowest BCUT2D eigenvalue weighted by atomic mass is 9.97. The van der Waals surface area contributed by atoms with Crippen LogP contribution < -0.4 is 9.47 Å². The van der Waals surface area contributed by atoms with E-state index in [1.54, 1.807) is 33.3 Å². The third kappa shape index (κ3) is 1.55. The molecule has 0 N–H and O–H groups in total. The summed E-state index contributed by atoms with van der Waals surface area (Å²) in [6, 6.07) is 3.51. The summed E-state index contributed by atoms with van der Waals surface area (Å²) >= 11 is 0. The highest BCUT2D eigenvalue weighted by Gasteiger charge is 2.28. The molecule has 1 aliphatic heterocycles. The predicted octanol–water partition coefficient (Wildman–Crippen LogP) is 1.81. The monoisotopic (exact) mass is 222 g/mol. The summed E-state index contributed by atoms with van der Waals surface area (Å²) in [5.41, 5.74) is 1.43. The average Bonchev–Trinajstić information content (AvgIpc) is 2.32. The van der Waals surface area contributed by atoms with Crippen molar-refractivity contribution in [2.45, 2.75) is 19.6 Å². The number of hydrogen-bond donors (Lipinski definition) is 0. The Kier molecular flexibility index (Phi) is 2.83. The van der Waals surface area contributed by atoms with Crippen LogP contribution in [0.25, 0.3) is 0 Å². The van der Waals surface area contributed by atoms with Crippen LogP contribution in [0.3, 0.4) is 0 Å². The molecule has 2 rings (SSSR count). The van der Waals surface area contributed by atoms with E-state index in [-0.39, 0.29) is 11.9 Å². The molecule has 0 saturated carbocycles. The quantitative estimate of drug-likeness (QED) is 0.765. The molecule has 4 heteroatoms. The van der Waals surface area contributed by atoms with E-state index in [1.165, 1.54) is 0 Å². The van der Waals surface area contributed by atoms with Crippen molar-refractivity contribution in [2.75, 3.05) is 14.2 Å². The van der Waals surface area contributed by atoms with Crippen LogP contribution in [0, 0.1) is 0 Å². The molecule has 16 heavy (non-hydrogen) atoms. The molecule has 1 aromatic carbocycles. The number of benzene rings is 1. The number of carbonyl (C=O) groups excluding carboxylic acids is 1. The second kappa shape index (κ2) is 4.14. The van der Waals surface area contributed by atoms with E-state index in [9.17, 15) is 4.79 Å². The van der Waals surface area contributed by atoms with Gasteiger partial charge in [0.05, 0.1) is 20.8 Å². The van der Waals surface area contributed by atoms with Gasteiger partial charge >= 0.3 is 0 Å². The first-order valence-electron chi connectivity index (χ1n) is 5.08. The van der Waals surface area contributed by atoms with Gasteiger partial charge in [0.15, 0.2) is 17.3 Å². The molecule has 0 spiro atoms. The fourth-order valence-electron chi connectivity index (χ4n) is 1.87. The molecule has 0 amide bonds. The Balaban J connectivity index is 2.57. The van der Waals surface area contributed by atoms with Crippen molar-refractivity contribution in [2.24, 2.45) is 0 Å². The number of ketones is 1. The van der Waals surface area contributed by atoms with Crippen LogP contribution in [-0.4, -0.2) is 26.1 Å². The van der Waals surface area contributed by atoms with Crippen molar-refractivity contribution in [3.8, 4) is 11.5 Å². The second-order valence-corrected chi connectivity index (χ2v) is 3.64. The lowest BCUT2D eigenvalue weighted by Gasteiger charge is -2.23. The van der Waals surface area contributed by atoms with E-state index in [1.807, 2.05) is 0 Å². The van der Waals surface area contributed by atoms with Gasteiger partial charge in [-0.05, 0) is 19.1 Å². The minimum absolute atomic E-state index is 0.0118. The molecule has 1 aromatic rings. The number of carbonyl (C=O) groups is 1. The molecule has 1 aliphatic rings. The molecule has 0 unspecified atom stereocenters. The maximum Gasteiger partial charge on any atom is 0.191 e. The van der Waals surface area contributed by atoms with E-state index in [0.717, 1.165) is 5.56 Å². The minimum Gasteiger partial charge on any atom is -0.493 e. The molecule has 0 aliphatic carbocycles. The van der Waals surface area contributed by atoms with Crippen LogP contribution >= 0.6 is 0 Å². The largest absolute Gasteiger partial charge is 0.493 e. The highest BCUT2D eigenvalue weighted by molar-refractivity contribution is 6.02. The summed E-state index contributed by atoms with van der Waals surface area (Å²) in [6.07, 6.45) is -0.384. The van der Waals surface area contributed by atoms with Gasteiger partial charge in [-0.15, -0.1) is 0 Å². The summed E-state index contributed by atoms with van der Waals surface area (Å²) in [5.74, 6) is 1.19. The Bertz CT molecular complexity index is 425. The SMILES string of the molecule is COc1ccc2c(c1OC)CO[C@H](C)C2=O. The predicted molar refractivity (Wildman–Crippen MR) is 58.1 cm³/mol. The first kappa shape index (κ1) is 11.0. The normalized spacial score (nSPS) is 19.2. The zero-order valence-electron chi connectivity index (χ0n) is 9.57. The maximum absolute atomic E-state index is 11.9. The average molecular weight is 222 g/mol. The van der Waals surface area contributed by atoms with Gasteiger partial charge in [-0.25, -0.2) is 0 Å². The van der Waals surface area contributed by atoms with Gasteiger partial charge < -0.3 is 14.2 Å². The molecular formula is C12H14O4. The lowest BCUT2D eigenvalue weighted by molar-refractivity contribution is 0.0327. The first-order valence-corrected chi connectivity index (χ1v) is 5.08. The fourth-order valence-corrected chi connectivity index (χ4v) is 1.87. The van der Waals surface area contributed by atoms with Crippen LogP contribution in [-0.2, 0) is 11.3 Å². The summed E-state index contributed by atoms with van der Waals surface area (Å²) in [6.45, 7) is 2.13. The number of fused-ring (bicyclic) bond motifs is 1. The smallest absolute Gasteiger partial charge is 0.191 e. The molecule has 0 bridgehead atoms. The standard InChI is InChI=1S/C12H14O4/c1-7-11(13)8-4-5-10(14-2)12(15-3)9(8)6-16-7/h4-5,7H,6H2,1-3H3/t7-/m1/s1. The van der Waals surface area contributed by atoms with Crippen molar-refractivity contribution < 1.29 is 19.0 Å². The Hall–Kier alpha value is -1.55. The summed E-state index contributed by atoms with van der Waals surface area (Å²) in [5, 5.41) is 0. The molecule has 1 atom stereocenters. The molecule has 0 fully saturated rings. The number of hydrogen-bond acceptors (Lipinski definition) is 4. The fraction of sp³-hybridized carbons (Fsp3) is 0.417. The van der Waals surface area contributed by atoms with Gasteiger partial charge in [0.1, 0.15) is 6.10 Å². The van der Waals surface area contributed by atoms with E-state index < -0.39 is 0 Å². The minimum atomic E-state index is -0.384. The van der Waals surface area contributed by atoms with Gasteiger partial charge in [-0.3, -0.25) is 4.79 Å². The van der Waals surface area contributed by atoms with Gasteiger partial charge in [-0.2, -0.15) is 0 Å². The Morgan fingerprint density at radius 1 is 1.31 bits per heavy atom. The third-order valence-electron chi connectivity index (χ3n) is 2.76. The van der Waals surface area contributed by atoms with Gasteiger partial charge in [0.25, 0.3) is 0 Å². The number of rotatable bonds is 2. The van der Waals surface area contributed by atoms with Crippen molar-refractivity contribution in [3.05, 3.63) is 23.3 Å². The van der Waals surface area contributed by atoms with Crippen molar-refractivity contribution in [1.29, 1.82) is 0 Å². The Morgan fingerprint density at radius 2 is 2.06 bits per heavy atom. The molecule has 1 heterocycles. The maximum atomic E-state index is 11.9. The molecule has 4 nitrogen and oxygen atoms in total. The van der Waals surface area contributed by atoms with Gasteiger partial charge in [0, 0.05) is 11.1 Å². The molecule has 0 aromatic heterocycles. The third-order valence-corrected chi connectivity index (χ3v) is 2.76. The van der Waals surface area contributed by atoms with E-state index in [0.29, 0.717) is 23.7 Å². The van der Waals surface area contributed by atoms with Crippen molar-refractivity contribution in [1.82, 2.24) is 0 Å². The number of methoxy groups -OCH3 is 2. The van der Waals surface area contributed by atoms with Crippen LogP contribution in [0.1, 0.15) is 22.8 Å². The molecule has 86 valence electrons. The van der Waals surface area contributed by atoms with Crippen LogP contribution in [0.5, 0.6) is 11.5 Å². The molecule has 0 saturated heterocycles. The highest BCUT2D eigenvalue weighted by Crippen LogP contribution is 2.36. The van der Waals surface area contributed by atoms with Gasteiger partial charge in [-0.1, -0.05) is 0 Å². The Morgan fingerprint density at radius 3 is 2.69 bits per heavy atom. The van der Waals surface area contributed by atoms with E-state index in [4.69, 9.17) is 14.2 Å². The van der Waals surface area contributed by atoms with Crippen LogP contribution in [0.4, 0.5) is 0 Å². The molecule has 0 radical (unpaired) electrons. The Labute approximate surface area is 94.1 Å². The topological polar surface area (TPSA) is 44.8 Å². The van der Waals surface area contributed by atoms with E-state index >= 15 is 0 Å². The van der Waals surface area contributed by atoms with E-state index in [2.05, 4.69) is 0 Å². The van der Waals surface area contributed by atoms with Crippen molar-refractivity contribution in [3.63, 3.8) is 0 Å². The number of ether oxygens (including phenoxy) is 3. The van der Waals surface area contributed by atoms with Crippen LogP contribution in [0.2, 0.25) is 0 Å². The zero-order valence-corrected chi connectivity index (χ0v) is 9.57. The summed E-state index contributed by atoms with van der Waals surface area (Å²) in [7, 11) is 3.12. The zero-order chi connectivity index (χ0) is 11.7. The second-order valence-electron chi connectivity index (χ2n) is 3.64. The first-order chi connectivity index (χ1) is 7.69. The van der Waals surface area contributed by atoms with Gasteiger partial charge in [0.2, 0.25) is 0 Å². The van der Waals surface area contributed by atoms with Crippen molar-refractivity contribution >= 4 is 5.78 Å². The number of Topliss-reactive ketones (excluding diaryl/α,β-unsaturated/α-hetero) is 1. The molecular weight excluding hydrogens is 208 g/mol. The highest BCUT2D eigenvalue weighted by atomic mass is 16.5.